The minimum Gasteiger partial charge on any atom is -0.383 e. The Morgan fingerprint density at radius 3 is 2.53 bits per heavy atom. The van der Waals surface area contributed by atoms with Gasteiger partial charge in [0.2, 0.25) is 10.0 Å². The SMILES string of the molecule is CCN(C(C)COC)S(=O)(=O)c1cc(Cl)ccc1Cl. The normalized spacial score (nSPS) is 13.8. The Morgan fingerprint density at radius 1 is 1.37 bits per heavy atom. The quantitative estimate of drug-likeness (QED) is 0.807. The van der Waals surface area contributed by atoms with Crippen molar-refractivity contribution >= 4 is 33.2 Å². The third-order valence-electron chi connectivity index (χ3n) is 2.69. The average molecular weight is 326 g/mol. The van der Waals surface area contributed by atoms with Crippen LogP contribution in [0.3, 0.4) is 0 Å². The second-order valence-electron chi connectivity index (χ2n) is 4.09. The van der Waals surface area contributed by atoms with Crippen LogP contribution in [-0.2, 0) is 14.8 Å². The Balaban J connectivity index is 3.24. The van der Waals surface area contributed by atoms with Gasteiger partial charge in [0, 0.05) is 24.7 Å². The van der Waals surface area contributed by atoms with Gasteiger partial charge >= 0.3 is 0 Å². The maximum absolute atomic E-state index is 12.6. The summed E-state index contributed by atoms with van der Waals surface area (Å²) in [5, 5.41) is 0.492. The summed E-state index contributed by atoms with van der Waals surface area (Å²) in [6, 6.07) is 4.11. The molecule has 1 rings (SSSR count). The molecule has 0 fully saturated rings. The van der Waals surface area contributed by atoms with E-state index in [2.05, 4.69) is 0 Å². The van der Waals surface area contributed by atoms with Gasteiger partial charge in [0.05, 0.1) is 11.6 Å². The summed E-state index contributed by atoms with van der Waals surface area (Å²) < 4.78 is 31.5. The second-order valence-corrected chi connectivity index (χ2v) is 6.79. The van der Waals surface area contributed by atoms with Gasteiger partial charge in [0.25, 0.3) is 0 Å². The predicted molar refractivity (Wildman–Crippen MR) is 77.4 cm³/mol. The van der Waals surface area contributed by atoms with Gasteiger partial charge < -0.3 is 4.74 Å². The highest BCUT2D eigenvalue weighted by Crippen LogP contribution is 2.28. The molecule has 0 spiro atoms. The van der Waals surface area contributed by atoms with Crippen LogP contribution in [0.4, 0.5) is 0 Å². The molecule has 0 bridgehead atoms. The maximum atomic E-state index is 12.6. The van der Waals surface area contributed by atoms with Crippen molar-refractivity contribution in [1.29, 1.82) is 0 Å². The molecule has 1 unspecified atom stereocenters. The fourth-order valence-electron chi connectivity index (χ4n) is 1.84. The average Bonchev–Trinajstić information content (AvgIpc) is 2.33. The molecule has 108 valence electrons. The molecule has 1 aromatic rings. The number of likely N-dealkylation sites (N-methyl/N-ethyl adjacent to an activating group) is 1. The van der Waals surface area contributed by atoms with Crippen molar-refractivity contribution in [3.8, 4) is 0 Å². The topological polar surface area (TPSA) is 46.6 Å². The zero-order valence-electron chi connectivity index (χ0n) is 11.1. The minimum atomic E-state index is -3.69. The van der Waals surface area contributed by atoms with E-state index < -0.39 is 10.0 Å². The molecule has 0 amide bonds. The summed E-state index contributed by atoms with van der Waals surface area (Å²) in [6.45, 7) is 4.19. The molecule has 0 heterocycles. The van der Waals surface area contributed by atoms with Gasteiger partial charge in [-0.25, -0.2) is 8.42 Å². The van der Waals surface area contributed by atoms with E-state index in [9.17, 15) is 8.42 Å². The first-order valence-electron chi connectivity index (χ1n) is 5.80. The van der Waals surface area contributed by atoms with E-state index in [0.29, 0.717) is 18.2 Å². The van der Waals surface area contributed by atoms with Crippen LogP contribution in [0.15, 0.2) is 23.1 Å². The van der Waals surface area contributed by atoms with Crippen LogP contribution in [0.2, 0.25) is 10.0 Å². The highest BCUT2D eigenvalue weighted by Gasteiger charge is 2.29. The third-order valence-corrected chi connectivity index (χ3v) is 5.50. The van der Waals surface area contributed by atoms with Crippen molar-refractivity contribution in [2.45, 2.75) is 24.8 Å². The second kappa shape index (κ2) is 6.90. The highest BCUT2D eigenvalue weighted by atomic mass is 35.5. The van der Waals surface area contributed by atoms with Crippen molar-refractivity contribution in [3.63, 3.8) is 0 Å². The fourth-order valence-corrected chi connectivity index (χ4v) is 4.21. The lowest BCUT2D eigenvalue weighted by Crippen LogP contribution is -2.40. The third kappa shape index (κ3) is 3.83. The van der Waals surface area contributed by atoms with E-state index in [0.717, 1.165) is 0 Å². The lowest BCUT2D eigenvalue weighted by atomic mass is 10.3. The Morgan fingerprint density at radius 2 is 2.00 bits per heavy atom. The van der Waals surface area contributed by atoms with Crippen molar-refractivity contribution < 1.29 is 13.2 Å². The molecule has 19 heavy (non-hydrogen) atoms. The smallest absolute Gasteiger partial charge is 0.244 e. The summed E-state index contributed by atoms with van der Waals surface area (Å²) in [6.07, 6.45) is 0. The highest BCUT2D eigenvalue weighted by molar-refractivity contribution is 7.89. The Hall–Kier alpha value is -0.330. The number of hydrogen-bond acceptors (Lipinski definition) is 3. The van der Waals surface area contributed by atoms with Crippen molar-refractivity contribution in [2.24, 2.45) is 0 Å². The van der Waals surface area contributed by atoms with Gasteiger partial charge in [-0.1, -0.05) is 30.1 Å². The standard InChI is InChI=1S/C12H17Cl2NO3S/c1-4-15(9(2)8-18-3)19(16,17)12-7-10(13)5-6-11(12)14/h5-7,9H,4,8H2,1-3H3. The summed E-state index contributed by atoms with van der Waals surface area (Å²) in [4.78, 5) is 0.0199. The van der Waals surface area contributed by atoms with Crippen LogP contribution in [-0.4, -0.2) is 39.0 Å². The number of halogens is 2. The monoisotopic (exact) mass is 325 g/mol. The number of methoxy groups -OCH3 is 1. The van der Waals surface area contributed by atoms with Crippen molar-refractivity contribution in [3.05, 3.63) is 28.2 Å². The van der Waals surface area contributed by atoms with Gasteiger partial charge in [-0.3, -0.25) is 0 Å². The van der Waals surface area contributed by atoms with Gasteiger partial charge in [-0.15, -0.1) is 0 Å². The first-order chi connectivity index (χ1) is 8.84. The number of hydrogen-bond donors (Lipinski definition) is 0. The predicted octanol–water partition coefficient (Wildman–Crippen LogP) is 3.04. The molecular formula is C12H17Cl2NO3S. The molecule has 0 aliphatic carbocycles. The molecule has 0 saturated carbocycles. The first kappa shape index (κ1) is 16.7. The van der Waals surface area contributed by atoms with Gasteiger partial charge in [0.1, 0.15) is 4.90 Å². The molecule has 0 aliphatic rings. The van der Waals surface area contributed by atoms with E-state index >= 15 is 0 Å². The summed E-state index contributed by atoms with van der Waals surface area (Å²) in [5.41, 5.74) is 0. The van der Waals surface area contributed by atoms with E-state index in [4.69, 9.17) is 27.9 Å². The van der Waals surface area contributed by atoms with Crippen LogP contribution in [0.25, 0.3) is 0 Å². The number of ether oxygens (including phenoxy) is 1. The molecule has 0 aromatic heterocycles. The van der Waals surface area contributed by atoms with E-state index in [1.54, 1.807) is 19.9 Å². The van der Waals surface area contributed by atoms with Gasteiger partial charge in [-0.05, 0) is 25.1 Å². The molecule has 0 saturated heterocycles. The molecule has 1 atom stereocenters. The van der Waals surface area contributed by atoms with Crippen LogP contribution in [0, 0.1) is 0 Å². The Kier molecular flexibility index (Phi) is 6.08. The molecule has 7 heteroatoms. The zero-order valence-corrected chi connectivity index (χ0v) is 13.4. The number of nitrogens with zero attached hydrogens (tertiary/aromatic N) is 1. The van der Waals surface area contributed by atoms with Crippen LogP contribution in [0.5, 0.6) is 0 Å². The van der Waals surface area contributed by atoms with Crippen LogP contribution >= 0.6 is 23.2 Å². The number of rotatable bonds is 6. The Bertz CT molecular complexity index is 534. The summed E-state index contributed by atoms with van der Waals surface area (Å²) >= 11 is 11.8. The van der Waals surface area contributed by atoms with E-state index in [1.807, 2.05) is 0 Å². The zero-order chi connectivity index (χ0) is 14.6. The van der Waals surface area contributed by atoms with E-state index in [-0.39, 0.29) is 16.0 Å². The first-order valence-corrected chi connectivity index (χ1v) is 8.00. The van der Waals surface area contributed by atoms with Crippen LogP contribution < -0.4 is 0 Å². The summed E-state index contributed by atoms with van der Waals surface area (Å²) in [7, 11) is -2.16. The maximum Gasteiger partial charge on any atom is 0.244 e. The minimum absolute atomic E-state index is 0.0199. The van der Waals surface area contributed by atoms with Gasteiger partial charge in [0.15, 0.2) is 0 Å². The van der Waals surface area contributed by atoms with E-state index in [1.165, 1.54) is 23.5 Å². The molecule has 0 aliphatic heterocycles. The fraction of sp³-hybridized carbons (Fsp3) is 0.500. The molecule has 0 radical (unpaired) electrons. The lowest BCUT2D eigenvalue weighted by molar-refractivity contribution is 0.142. The number of benzene rings is 1. The lowest BCUT2D eigenvalue weighted by Gasteiger charge is -2.27. The van der Waals surface area contributed by atoms with Gasteiger partial charge in [-0.2, -0.15) is 4.31 Å². The number of sulfonamides is 1. The van der Waals surface area contributed by atoms with Crippen molar-refractivity contribution in [2.75, 3.05) is 20.3 Å². The summed E-state index contributed by atoms with van der Waals surface area (Å²) in [5.74, 6) is 0. The largest absolute Gasteiger partial charge is 0.383 e. The van der Waals surface area contributed by atoms with Crippen LogP contribution in [0.1, 0.15) is 13.8 Å². The Labute approximate surface area is 124 Å². The molecule has 4 nitrogen and oxygen atoms in total. The molecule has 1 aromatic carbocycles. The molecule has 0 N–H and O–H groups in total. The molecular weight excluding hydrogens is 309 g/mol. The van der Waals surface area contributed by atoms with Crippen molar-refractivity contribution in [1.82, 2.24) is 4.31 Å².